The molecule has 0 radical (unpaired) electrons. The first-order valence-electron chi connectivity index (χ1n) is 5.89. The van der Waals surface area contributed by atoms with Crippen LogP contribution in [0.4, 0.5) is 8.78 Å². The summed E-state index contributed by atoms with van der Waals surface area (Å²) in [5.41, 5.74) is 0.402. The number of benzene rings is 1. The number of rotatable bonds is 5. The normalized spacial score (nSPS) is 16.8. The second-order valence-electron chi connectivity index (χ2n) is 4.89. The van der Waals surface area contributed by atoms with Gasteiger partial charge in [0, 0.05) is 17.5 Å². The van der Waals surface area contributed by atoms with Crippen LogP contribution in [0.15, 0.2) is 24.3 Å². The lowest BCUT2D eigenvalue weighted by Gasteiger charge is -2.38. The van der Waals surface area contributed by atoms with E-state index in [1.54, 1.807) is 0 Å². The fourth-order valence-corrected chi connectivity index (χ4v) is 1.74. The smallest absolute Gasteiger partial charge is 0.387 e. The molecule has 0 saturated carbocycles. The van der Waals surface area contributed by atoms with Crippen LogP contribution < -0.4 is 10.1 Å². The first-order chi connectivity index (χ1) is 8.98. The minimum absolute atomic E-state index is 0.00557. The maximum Gasteiger partial charge on any atom is 0.387 e. The summed E-state index contributed by atoms with van der Waals surface area (Å²) in [5, 5.41) is 2.79. The maximum absolute atomic E-state index is 12.0. The molecule has 1 N–H and O–H groups in total. The Morgan fingerprint density at radius 3 is 2.53 bits per heavy atom. The van der Waals surface area contributed by atoms with Crippen LogP contribution in [0.25, 0.3) is 0 Å². The number of nitrogens with one attached hydrogen (secondary N) is 1. The van der Waals surface area contributed by atoms with Gasteiger partial charge in [-0.1, -0.05) is 6.92 Å². The molecule has 0 aromatic heterocycles. The lowest BCUT2D eigenvalue weighted by Crippen LogP contribution is -2.48. The van der Waals surface area contributed by atoms with Gasteiger partial charge in [-0.25, -0.2) is 0 Å². The lowest BCUT2D eigenvalue weighted by atomic mass is 9.88. The third-order valence-electron chi connectivity index (χ3n) is 2.92. The van der Waals surface area contributed by atoms with E-state index in [2.05, 4.69) is 10.1 Å². The zero-order chi connectivity index (χ0) is 13.9. The third-order valence-corrected chi connectivity index (χ3v) is 2.92. The summed E-state index contributed by atoms with van der Waals surface area (Å²) in [7, 11) is 0. The molecule has 2 rings (SSSR count). The summed E-state index contributed by atoms with van der Waals surface area (Å²) in [6, 6.07) is 5.59. The Kier molecular flexibility index (Phi) is 3.99. The van der Waals surface area contributed by atoms with Gasteiger partial charge in [0.2, 0.25) is 0 Å². The molecule has 1 heterocycles. The highest BCUT2D eigenvalue weighted by Crippen LogP contribution is 2.25. The van der Waals surface area contributed by atoms with Gasteiger partial charge < -0.3 is 14.8 Å². The van der Waals surface area contributed by atoms with E-state index in [0.717, 1.165) is 0 Å². The number of amides is 1. The van der Waals surface area contributed by atoms with Crippen molar-refractivity contribution in [1.82, 2.24) is 5.32 Å². The highest BCUT2D eigenvalue weighted by molar-refractivity contribution is 5.94. The Morgan fingerprint density at radius 2 is 2.05 bits per heavy atom. The molecule has 19 heavy (non-hydrogen) atoms. The van der Waals surface area contributed by atoms with Gasteiger partial charge in [0.15, 0.2) is 0 Å². The molecule has 0 unspecified atom stereocenters. The second kappa shape index (κ2) is 5.52. The van der Waals surface area contributed by atoms with Crippen molar-refractivity contribution in [3.63, 3.8) is 0 Å². The van der Waals surface area contributed by atoms with Gasteiger partial charge in [-0.3, -0.25) is 4.79 Å². The molecule has 1 saturated heterocycles. The van der Waals surface area contributed by atoms with Crippen molar-refractivity contribution in [2.45, 2.75) is 13.5 Å². The standard InChI is InChI=1S/C13H15F2NO3/c1-13(7-18-8-13)6-16-11(17)9-2-4-10(5-3-9)19-12(14)15/h2-5,12H,6-8H2,1H3,(H,16,17). The first kappa shape index (κ1) is 13.7. The number of hydrogen-bond donors (Lipinski definition) is 1. The molecule has 1 amide bonds. The molecule has 1 fully saturated rings. The van der Waals surface area contributed by atoms with E-state index in [-0.39, 0.29) is 17.1 Å². The molecule has 104 valence electrons. The number of carbonyl (C=O) groups is 1. The molecule has 4 nitrogen and oxygen atoms in total. The molecular weight excluding hydrogens is 256 g/mol. The van der Waals surface area contributed by atoms with Gasteiger partial charge in [0.05, 0.1) is 13.2 Å². The quantitative estimate of drug-likeness (QED) is 0.891. The number of hydrogen-bond acceptors (Lipinski definition) is 3. The molecule has 0 bridgehead atoms. The molecule has 1 aliphatic heterocycles. The topological polar surface area (TPSA) is 47.6 Å². The molecule has 1 aromatic rings. The van der Waals surface area contributed by atoms with E-state index in [4.69, 9.17) is 4.74 Å². The number of alkyl halides is 2. The van der Waals surface area contributed by atoms with Crippen LogP contribution in [0.1, 0.15) is 17.3 Å². The van der Waals surface area contributed by atoms with E-state index in [0.29, 0.717) is 25.3 Å². The van der Waals surface area contributed by atoms with Gasteiger partial charge in [0.25, 0.3) is 5.91 Å². The van der Waals surface area contributed by atoms with Crippen molar-refractivity contribution in [2.24, 2.45) is 5.41 Å². The molecular formula is C13H15F2NO3. The largest absolute Gasteiger partial charge is 0.435 e. The highest BCUT2D eigenvalue weighted by atomic mass is 19.3. The van der Waals surface area contributed by atoms with Gasteiger partial charge in [0.1, 0.15) is 5.75 Å². The van der Waals surface area contributed by atoms with Crippen molar-refractivity contribution in [3.8, 4) is 5.75 Å². The molecule has 0 aliphatic carbocycles. The summed E-state index contributed by atoms with van der Waals surface area (Å²) < 4.78 is 33.2. The van der Waals surface area contributed by atoms with E-state index in [1.807, 2.05) is 6.92 Å². The van der Waals surface area contributed by atoms with Gasteiger partial charge >= 0.3 is 6.61 Å². The third kappa shape index (κ3) is 3.64. The maximum atomic E-state index is 12.0. The minimum atomic E-state index is -2.86. The van der Waals surface area contributed by atoms with Crippen LogP contribution in [0.5, 0.6) is 5.75 Å². The van der Waals surface area contributed by atoms with Gasteiger partial charge in [-0.05, 0) is 24.3 Å². The van der Waals surface area contributed by atoms with Crippen LogP contribution in [0.3, 0.4) is 0 Å². The van der Waals surface area contributed by atoms with Crippen LogP contribution in [0, 0.1) is 5.41 Å². The predicted octanol–water partition coefficient (Wildman–Crippen LogP) is 2.05. The average Bonchev–Trinajstić information content (AvgIpc) is 2.34. The van der Waals surface area contributed by atoms with Crippen molar-refractivity contribution in [2.75, 3.05) is 19.8 Å². The zero-order valence-electron chi connectivity index (χ0n) is 10.5. The summed E-state index contributed by atoms with van der Waals surface area (Å²) in [6.07, 6.45) is 0. The molecule has 1 aromatic carbocycles. The Balaban J connectivity index is 1.88. The van der Waals surface area contributed by atoms with Gasteiger partial charge in [-0.15, -0.1) is 0 Å². The van der Waals surface area contributed by atoms with E-state index in [9.17, 15) is 13.6 Å². The van der Waals surface area contributed by atoms with E-state index < -0.39 is 6.61 Å². The monoisotopic (exact) mass is 271 g/mol. The summed E-state index contributed by atoms with van der Waals surface area (Å²) in [4.78, 5) is 11.8. The Hall–Kier alpha value is -1.69. The van der Waals surface area contributed by atoms with Crippen LogP contribution in [-0.2, 0) is 4.74 Å². The zero-order valence-corrected chi connectivity index (χ0v) is 10.5. The van der Waals surface area contributed by atoms with Crippen LogP contribution >= 0.6 is 0 Å². The molecule has 6 heteroatoms. The van der Waals surface area contributed by atoms with Crippen molar-refractivity contribution in [1.29, 1.82) is 0 Å². The van der Waals surface area contributed by atoms with Crippen molar-refractivity contribution < 1.29 is 23.0 Å². The van der Waals surface area contributed by atoms with E-state index >= 15 is 0 Å². The summed E-state index contributed by atoms with van der Waals surface area (Å²) >= 11 is 0. The fourth-order valence-electron chi connectivity index (χ4n) is 1.74. The molecule has 1 aliphatic rings. The predicted molar refractivity (Wildman–Crippen MR) is 64.3 cm³/mol. The van der Waals surface area contributed by atoms with Crippen LogP contribution in [0.2, 0.25) is 0 Å². The minimum Gasteiger partial charge on any atom is -0.435 e. The number of carbonyl (C=O) groups excluding carboxylic acids is 1. The SMILES string of the molecule is CC1(CNC(=O)c2ccc(OC(F)F)cc2)COC1. The Morgan fingerprint density at radius 1 is 1.42 bits per heavy atom. The summed E-state index contributed by atoms with van der Waals surface area (Å²) in [6.45, 7) is 0.957. The number of ether oxygens (including phenoxy) is 2. The Labute approximate surface area is 109 Å². The lowest BCUT2D eigenvalue weighted by molar-refractivity contribution is -0.0978. The Bertz CT molecular complexity index is 444. The van der Waals surface area contributed by atoms with Gasteiger partial charge in [-0.2, -0.15) is 8.78 Å². The summed E-state index contributed by atoms with van der Waals surface area (Å²) in [5.74, 6) is -0.206. The van der Waals surface area contributed by atoms with E-state index in [1.165, 1.54) is 24.3 Å². The average molecular weight is 271 g/mol. The van der Waals surface area contributed by atoms with Crippen molar-refractivity contribution >= 4 is 5.91 Å². The van der Waals surface area contributed by atoms with Crippen LogP contribution in [-0.4, -0.2) is 32.3 Å². The van der Waals surface area contributed by atoms with Crippen molar-refractivity contribution in [3.05, 3.63) is 29.8 Å². The number of halogens is 2. The fraction of sp³-hybridized carbons (Fsp3) is 0.462. The molecule has 0 atom stereocenters. The second-order valence-corrected chi connectivity index (χ2v) is 4.89. The first-order valence-corrected chi connectivity index (χ1v) is 5.89. The highest BCUT2D eigenvalue weighted by Gasteiger charge is 2.33. The molecule has 0 spiro atoms.